The van der Waals surface area contributed by atoms with E-state index in [4.69, 9.17) is 4.74 Å². The number of carbonyl (C=O) groups is 2. The number of aromatic nitrogens is 1. The molecular weight excluding hydrogens is 565 g/mol. The molecule has 0 bridgehead atoms. The van der Waals surface area contributed by atoms with Gasteiger partial charge < -0.3 is 14.9 Å². The molecule has 34 heavy (non-hydrogen) atoms. The lowest BCUT2D eigenvalue weighted by Gasteiger charge is -2.34. The summed E-state index contributed by atoms with van der Waals surface area (Å²) in [5, 5.41) is 24.6. The molecular formula is C26H40INO5S. The Labute approximate surface area is 221 Å². The van der Waals surface area contributed by atoms with Gasteiger partial charge in [-0.1, -0.05) is 63.1 Å². The average Bonchev–Trinajstić information content (AvgIpc) is 3.17. The minimum Gasteiger partial charge on any atom is -0.458 e. The van der Waals surface area contributed by atoms with Crippen molar-refractivity contribution in [3.05, 3.63) is 21.7 Å². The molecule has 0 aromatic carbocycles. The molecule has 1 aliphatic heterocycles. The van der Waals surface area contributed by atoms with Crippen molar-refractivity contribution >= 4 is 51.8 Å². The molecule has 6 nitrogen and oxygen atoms in total. The van der Waals surface area contributed by atoms with Crippen LogP contribution in [0.2, 0.25) is 0 Å². The van der Waals surface area contributed by atoms with Gasteiger partial charge in [-0.2, -0.15) is 0 Å². The number of Topliss-reactive ketones (excluding diaryl/α,β-unsaturated/α-hetero) is 1. The van der Waals surface area contributed by atoms with Gasteiger partial charge in [0.1, 0.15) is 11.9 Å². The molecule has 4 unspecified atom stereocenters. The number of halogens is 1. The van der Waals surface area contributed by atoms with Crippen molar-refractivity contribution in [3.8, 4) is 0 Å². The number of esters is 1. The van der Waals surface area contributed by atoms with E-state index in [0.717, 1.165) is 42.0 Å². The Morgan fingerprint density at radius 2 is 1.88 bits per heavy atom. The smallest absolute Gasteiger partial charge is 0.309 e. The Balaban J connectivity index is 2.28. The van der Waals surface area contributed by atoms with Gasteiger partial charge >= 0.3 is 5.97 Å². The number of alkyl halides is 1. The van der Waals surface area contributed by atoms with Crippen molar-refractivity contribution in [2.45, 2.75) is 102 Å². The maximum atomic E-state index is 13.2. The molecule has 0 spiro atoms. The Kier molecular flexibility index (Phi) is 11.2. The Hall–Kier alpha value is -0.840. The van der Waals surface area contributed by atoms with E-state index in [1.165, 1.54) is 0 Å². The van der Waals surface area contributed by atoms with E-state index in [1.54, 1.807) is 32.1 Å². The monoisotopic (exact) mass is 605 g/mol. The zero-order valence-electron chi connectivity index (χ0n) is 21.2. The Bertz CT molecular complexity index is 867. The lowest BCUT2D eigenvalue weighted by atomic mass is 9.73. The highest BCUT2D eigenvalue weighted by molar-refractivity contribution is 14.1. The van der Waals surface area contributed by atoms with Crippen LogP contribution in [0, 0.1) is 24.2 Å². The number of nitrogens with zero attached hydrogens (tertiary/aromatic N) is 1. The molecule has 1 fully saturated rings. The quantitative estimate of drug-likeness (QED) is 0.262. The van der Waals surface area contributed by atoms with Gasteiger partial charge in [0, 0.05) is 21.6 Å². The highest BCUT2D eigenvalue weighted by Gasteiger charge is 2.42. The number of hydrogen-bond donors (Lipinski definition) is 2. The summed E-state index contributed by atoms with van der Waals surface area (Å²) < 4.78 is 6.18. The van der Waals surface area contributed by atoms with E-state index < -0.39 is 35.6 Å². The second-order valence-electron chi connectivity index (χ2n) is 10.3. The largest absolute Gasteiger partial charge is 0.458 e. The van der Waals surface area contributed by atoms with Crippen molar-refractivity contribution in [1.82, 2.24) is 4.98 Å². The van der Waals surface area contributed by atoms with Gasteiger partial charge in [-0.05, 0) is 44.3 Å². The van der Waals surface area contributed by atoms with Gasteiger partial charge in [-0.3, -0.25) is 9.59 Å². The summed E-state index contributed by atoms with van der Waals surface area (Å²) in [7, 11) is 0. The molecule has 0 saturated carbocycles. The minimum atomic E-state index is -1.20. The van der Waals surface area contributed by atoms with Gasteiger partial charge in [0.2, 0.25) is 0 Å². The molecule has 2 rings (SSSR count). The predicted octanol–water partition coefficient (Wildman–Crippen LogP) is 5.51. The molecule has 1 saturated heterocycles. The third-order valence-corrected chi connectivity index (χ3v) is 8.95. The fourth-order valence-electron chi connectivity index (χ4n) is 4.47. The summed E-state index contributed by atoms with van der Waals surface area (Å²) in [6.07, 6.45) is 3.73. The zero-order valence-corrected chi connectivity index (χ0v) is 24.2. The maximum absolute atomic E-state index is 13.2. The van der Waals surface area contributed by atoms with E-state index in [9.17, 15) is 19.8 Å². The third kappa shape index (κ3) is 8.10. The highest BCUT2D eigenvalue weighted by Crippen LogP contribution is 2.33. The van der Waals surface area contributed by atoms with Crippen LogP contribution in [0.4, 0.5) is 0 Å². The summed E-state index contributed by atoms with van der Waals surface area (Å²) in [6, 6.07) is 0. The molecule has 192 valence electrons. The lowest BCUT2D eigenvalue weighted by Crippen LogP contribution is -2.45. The first-order valence-electron chi connectivity index (χ1n) is 12.2. The number of aryl methyl sites for hydroxylation is 1. The van der Waals surface area contributed by atoms with Crippen LogP contribution in [-0.2, 0) is 14.3 Å². The van der Waals surface area contributed by atoms with Gasteiger partial charge in [-0.15, -0.1) is 11.3 Å². The van der Waals surface area contributed by atoms with Crippen molar-refractivity contribution in [3.63, 3.8) is 0 Å². The summed E-state index contributed by atoms with van der Waals surface area (Å²) in [5.74, 6) is -1.41. The van der Waals surface area contributed by atoms with Gasteiger partial charge in [-0.25, -0.2) is 4.98 Å². The lowest BCUT2D eigenvalue weighted by molar-refractivity contribution is -0.154. The van der Waals surface area contributed by atoms with Crippen LogP contribution in [0.3, 0.4) is 0 Å². The normalized spacial score (nSPS) is 32.9. The summed E-state index contributed by atoms with van der Waals surface area (Å²) in [4.78, 5) is 30.5. The van der Waals surface area contributed by atoms with E-state index in [1.807, 2.05) is 32.2 Å². The highest BCUT2D eigenvalue weighted by atomic mass is 127. The first-order chi connectivity index (χ1) is 15.8. The van der Waals surface area contributed by atoms with Crippen LogP contribution in [0.15, 0.2) is 11.0 Å². The molecule has 0 aliphatic carbocycles. The number of hydrogen-bond acceptors (Lipinski definition) is 7. The molecule has 8 heteroatoms. The van der Waals surface area contributed by atoms with Crippen LogP contribution in [0.25, 0.3) is 6.08 Å². The van der Waals surface area contributed by atoms with Crippen LogP contribution < -0.4 is 0 Å². The molecule has 1 aromatic heterocycles. The molecule has 6 atom stereocenters. The molecule has 1 aliphatic rings. The summed E-state index contributed by atoms with van der Waals surface area (Å²) in [6.45, 7) is 10.9. The van der Waals surface area contributed by atoms with Gasteiger partial charge in [0.15, 0.2) is 0 Å². The third-order valence-electron chi connectivity index (χ3n) is 7.03. The SMILES string of the molecule is C/C(=C\c1csc(C)n1)[C@@H]1CC(I)CCCCC(C)[C@H](O)C(C)C(=O)C(C)(C)C(O)CC(=O)O1. The molecule has 2 heterocycles. The predicted molar refractivity (Wildman–Crippen MR) is 145 cm³/mol. The van der Waals surface area contributed by atoms with E-state index in [0.29, 0.717) is 10.3 Å². The zero-order chi connectivity index (χ0) is 25.6. The summed E-state index contributed by atoms with van der Waals surface area (Å²) >= 11 is 4.00. The van der Waals surface area contributed by atoms with Gasteiger partial charge in [0.05, 0.1) is 34.7 Å². The average molecular weight is 606 g/mol. The first kappa shape index (κ1) is 29.4. The number of carbonyl (C=O) groups excluding carboxylic acids is 2. The second-order valence-corrected chi connectivity index (χ2v) is 13.2. The standard InChI is InChI=1S/C26H40INO5S/c1-15-9-7-8-10-19(27)12-21(16(2)11-20-14-34-18(4)28-20)33-23(30)13-22(29)26(5,6)25(32)17(3)24(15)31/h11,14-15,17,19,21-22,24,29,31H,7-10,12-13H2,1-6H3/b16-11+/t15?,17?,19?,21-,22?,24-/m0/s1. The van der Waals surface area contributed by atoms with E-state index in [2.05, 4.69) is 27.6 Å². The second kappa shape index (κ2) is 12.9. The van der Waals surface area contributed by atoms with E-state index in [-0.39, 0.29) is 18.1 Å². The van der Waals surface area contributed by atoms with Crippen molar-refractivity contribution < 1.29 is 24.5 Å². The number of rotatable bonds is 2. The Morgan fingerprint density at radius 1 is 1.24 bits per heavy atom. The molecule has 2 N–H and O–H groups in total. The van der Waals surface area contributed by atoms with Crippen LogP contribution in [0.5, 0.6) is 0 Å². The number of ketones is 1. The van der Waals surface area contributed by atoms with Crippen molar-refractivity contribution in [2.75, 3.05) is 0 Å². The number of cyclic esters (lactones) is 1. The van der Waals surface area contributed by atoms with Gasteiger partial charge in [0.25, 0.3) is 0 Å². The van der Waals surface area contributed by atoms with Crippen LogP contribution >= 0.6 is 33.9 Å². The minimum absolute atomic E-state index is 0.0167. The van der Waals surface area contributed by atoms with E-state index >= 15 is 0 Å². The van der Waals surface area contributed by atoms with Crippen molar-refractivity contribution in [1.29, 1.82) is 0 Å². The first-order valence-corrected chi connectivity index (χ1v) is 14.3. The number of aliphatic hydroxyl groups excluding tert-OH is 2. The molecule has 0 radical (unpaired) electrons. The number of ether oxygens (including phenoxy) is 1. The van der Waals surface area contributed by atoms with Crippen LogP contribution in [-0.4, -0.2) is 49.2 Å². The fraction of sp³-hybridized carbons (Fsp3) is 0.731. The van der Waals surface area contributed by atoms with Crippen molar-refractivity contribution in [2.24, 2.45) is 17.3 Å². The maximum Gasteiger partial charge on any atom is 0.309 e. The molecule has 0 amide bonds. The number of aliphatic hydroxyl groups is 2. The number of thiazole rings is 1. The Morgan fingerprint density at radius 3 is 2.50 bits per heavy atom. The molecule has 1 aromatic rings. The fourth-order valence-corrected chi connectivity index (χ4v) is 5.94. The van der Waals surface area contributed by atoms with Crippen LogP contribution in [0.1, 0.15) is 83.8 Å². The topological polar surface area (TPSA) is 96.7 Å². The summed E-state index contributed by atoms with van der Waals surface area (Å²) in [5.41, 5.74) is 0.582.